The molecule has 1 saturated heterocycles. The van der Waals surface area contributed by atoms with E-state index in [1.54, 1.807) is 6.07 Å². The van der Waals surface area contributed by atoms with Gasteiger partial charge in [-0.15, -0.1) is 22.7 Å². The number of benzene rings is 1. The molecule has 1 N–H and O–H groups in total. The summed E-state index contributed by atoms with van der Waals surface area (Å²) in [4.78, 5) is 31.7. The Morgan fingerprint density at radius 1 is 1.19 bits per heavy atom. The SMILES string of the molecule is CC1CCN(C(=O)c2ccsc2NC(=O)c2nc3ccccc3s2)CC1. The summed E-state index contributed by atoms with van der Waals surface area (Å²) in [7, 11) is 0. The third-order valence-electron chi connectivity index (χ3n) is 4.68. The first kappa shape index (κ1) is 17.2. The van der Waals surface area contributed by atoms with Crippen molar-refractivity contribution in [1.82, 2.24) is 9.88 Å². The molecule has 2 amide bonds. The highest BCUT2D eigenvalue weighted by atomic mass is 32.1. The van der Waals surface area contributed by atoms with Gasteiger partial charge in [0.1, 0.15) is 5.00 Å². The number of para-hydroxylation sites is 1. The van der Waals surface area contributed by atoms with Crippen LogP contribution >= 0.6 is 22.7 Å². The Bertz CT molecular complexity index is 922. The number of hydrogen-bond donors (Lipinski definition) is 1. The molecule has 134 valence electrons. The summed E-state index contributed by atoms with van der Waals surface area (Å²) in [5, 5.41) is 5.72. The molecule has 0 atom stereocenters. The van der Waals surface area contributed by atoms with Crippen molar-refractivity contribution < 1.29 is 9.59 Å². The number of anilines is 1. The van der Waals surface area contributed by atoms with Gasteiger partial charge in [0.05, 0.1) is 15.8 Å². The van der Waals surface area contributed by atoms with Crippen molar-refractivity contribution in [3.05, 3.63) is 46.3 Å². The maximum atomic E-state index is 12.8. The van der Waals surface area contributed by atoms with Crippen LogP contribution in [0.25, 0.3) is 10.2 Å². The van der Waals surface area contributed by atoms with Gasteiger partial charge in [-0.2, -0.15) is 0 Å². The van der Waals surface area contributed by atoms with Gasteiger partial charge in [-0.1, -0.05) is 19.1 Å². The third-order valence-corrected chi connectivity index (χ3v) is 6.55. The number of thiophene rings is 1. The fraction of sp³-hybridized carbons (Fsp3) is 0.316. The molecule has 1 aliphatic heterocycles. The van der Waals surface area contributed by atoms with Gasteiger partial charge in [-0.25, -0.2) is 4.98 Å². The van der Waals surface area contributed by atoms with Gasteiger partial charge < -0.3 is 10.2 Å². The molecule has 0 unspecified atom stereocenters. The Balaban J connectivity index is 1.51. The predicted molar refractivity (Wildman–Crippen MR) is 106 cm³/mol. The molecule has 0 spiro atoms. The number of likely N-dealkylation sites (tertiary alicyclic amines) is 1. The number of hydrogen-bond acceptors (Lipinski definition) is 5. The molecular formula is C19H19N3O2S2. The zero-order valence-corrected chi connectivity index (χ0v) is 16.0. The molecule has 5 nitrogen and oxygen atoms in total. The number of nitrogens with zero attached hydrogens (tertiary/aromatic N) is 2. The minimum atomic E-state index is -0.269. The van der Waals surface area contributed by atoms with E-state index in [1.807, 2.05) is 34.5 Å². The van der Waals surface area contributed by atoms with Crippen molar-refractivity contribution >= 4 is 49.7 Å². The largest absolute Gasteiger partial charge is 0.339 e. The molecule has 0 radical (unpaired) electrons. The van der Waals surface area contributed by atoms with E-state index in [4.69, 9.17) is 0 Å². The van der Waals surface area contributed by atoms with Crippen molar-refractivity contribution in [3.8, 4) is 0 Å². The first-order valence-electron chi connectivity index (χ1n) is 8.65. The van der Waals surface area contributed by atoms with Crippen LogP contribution in [0, 0.1) is 5.92 Å². The number of carbonyl (C=O) groups is 2. The van der Waals surface area contributed by atoms with Crippen LogP contribution in [0.4, 0.5) is 5.00 Å². The van der Waals surface area contributed by atoms with Gasteiger partial charge in [-0.05, 0) is 42.3 Å². The molecule has 7 heteroatoms. The van der Waals surface area contributed by atoms with E-state index in [-0.39, 0.29) is 11.8 Å². The first-order valence-corrected chi connectivity index (χ1v) is 10.3. The van der Waals surface area contributed by atoms with E-state index < -0.39 is 0 Å². The van der Waals surface area contributed by atoms with Gasteiger partial charge in [-0.3, -0.25) is 9.59 Å². The van der Waals surface area contributed by atoms with Crippen molar-refractivity contribution in [2.24, 2.45) is 5.92 Å². The Morgan fingerprint density at radius 2 is 1.96 bits per heavy atom. The Labute approximate surface area is 159 Å². The van der Waals surface area contributed by atoms with Crippen molar-refractivity contribution in [3.63, 3.8) is 0 Å². The van der Waals surface area contributed by atoms with Gasteiger partial charge in [0.2, 0.25) is 0 Å². The number of rotatable bonds is 3. The maximum Gasteiger partial charge on any atom is 0.285 e. The number of aromatic nitrogens is 1. The van der Waals surface area contributed by atoms with Crippen LogP contribution in [0.15, 0.2) is 35.7 Å². The van der Waals surface area contributed by atoms with Crippen LogP contribution in [-0.2, 0) is 0 Å². The van der Waals surface area contributed by atoms with E-state index in [0.717, 1.165) is 36.1 Å². The third kappa shape index (κ3) is 3.37. The topological polar surface area (TPSA) is 62.3 Å². The van der Waals surface area contributed by atoms with Crippen LogP contribution < -0.4 is 5.32 Å². The second kappa shape index (κ2) is 7.17. The molecule has 2 aromatic heterocycles. The lowest BCUT2D eigenvalue weighted by molar-refractivity contribution is 0.0699. The van der Waals surface area contributed by atoms with Gasteiger partial charge in [0.25, 0.3) is 11.8 Å². The molecule has 1 aliphatic rings. The Kier molecular flexibility index (Phi) is 4.74. The summed E-state index contributed by atoms with van der Waals surface area (Å²) in [6, 6.07) is 9.46. The van der Waals surface area contributed by atoms with E-state index in [1.165, 1.54) is 22.7 Å². The molecule has 3 aromatic rings. The van der Waals surface area contributed by atoms with E-state index in [9.17, 15) is 9.59 Å². The molecule has 1 fully saturated rings. The zero-order valence-electron chi connectivity index (χ0n) is 14.4. The van der Waals surface area contributed by atoms with Gasteiger partial charge in [0.15, 0.2) is 5.01 Å². The molecular weight excluding hydrogens is 366 g/mol. The van der Waals surface area contributed by atoms with Crippen LogP contribution in [0.1, 0.15) is 39.9 Å². The summed E-state index contributed by atoms with van der Waals surface area (Å²) in [6.45, 7) is 3.78. The highest BCUT2D eigenvalue weighted by Crippen LogP contribution is 2.28. The number of fused-ring (bicyclic) bond motifs is 1. The smallest absolute Gasteiger partial charge is 0.285 e. The number of amides is 2. The second-order valence-electron chi connectivity index (χ2n) is 6.58. The summed E-state index contributed by atoms with van der Waals surface area (Å²) >= 11 is 2.73. The van der Waals surface area contributed by atoms with E-state index in [0.29, 0.717) is 21.5 Å². The first-order chi connectivity index (χ1) is 12.6. The lowest BCUT2D eigenvalue weighted by atomic mass is 9.99. The van der Waals surface area contributed by atoms with E-state index in [2.05, 4.69) is 17.2 Å². The fourth-order valence-corrected chi connectivity index (χ4v) is 4.72. The van der Waals surface area contributed by atoms with Crippen LogP contribution in [0.5, 0.6) is 0 Å². The van der Waals surface area contributed by atoms with Gasteiger partial charge in [0, 0.05) is 13.1 Å². The zero-order chi connectivity index (χ0) is 18.1. The molecule has 0 aliphatic carbocycles. The monoisotopic (exact) mass is 385 g/mol. The Hall–Kier alpha value is -2.25. The summed E-state index contributed by atoms with van der Waals surface area (Å²) in [5.41, 5.74) is 1.38. The van der Waals surface area contributed by atoms with Crippen LogP contribution in [0.3, 0.4) is 0 Å². The quantitative estimate of drug-likeness (QED) is 0.723. The average Bonchev–Trinajstić information content (AvgIpc) is 3.28. The fourth-order valence-electron chi connectivity index (χ4n) is 3.08. The van der Waals surface area contributed by atoms with Crippen molar-refractivity contribution in [1.29, 1.82) is 0 Å². The van der Waals surface area contributed by atoms with Crippen molar-refractivity contribution in [2.45, 2.75) is 19.8 Å². The molecule has 0 bridgehead atoms. The summed E-state index contributed by atoms with van der Waals surface area (Å²) in [6.07, 6.45) is 2.06. The van der Waals surface area contributed by atoms with E-state index >= 15 is 0 Å². The second-order valence-corrected chi connectivity index (χ2v) is 8.53. The molecule has 3 heterocycles. The Morgan fingerprint density at radius 3 is 2.73 bits per heavy atom. The van der Waals surface area contributed by atoms with Crippen LogP contribution in [-0.4, -0.2) is 34.8 Å². The van der Waals surface area contributed by atoms with Crippen LogP contribution in [0.2, 0.25) is 0 Å². The number of carbonyl (C=O) groups excluding carboxylic acids is 2. The molecule has 0 saturated carbocycles. The summed E-state index contributed by atoms with van der Waals surface area (Å²) < 4.78 is 0.975. The van der Waals surface area contributed by atoms with Crippen molar-refractivity contribution in [2.75, 3.05) is 18.4 Å². The highest BCUT2D eigenvalue weighted by Gasteiger charge is 2.25. The average molecular weight is 386 g/mol. The molecule has 1 aromatic carbocycles. The molecule has 26 heavy (non-hydrogen) atoms. The molecule has 4 rings (SSSR count). The summed E-state index contributed by atoms with van der Waals surface area (Å²) in [5.74, 6) is 0.396. The predicted octanol–water partition coefficient (Wildman–Crippen LogP) is 4.48. The minimum Gasteiger partial charge on any atom is -0.339 e. The normalized spacial score (nSPS) is 15.3. The number of thiazole rings is 1. The number of piperidine rings is 1. The lowest BCUT2D eigenvalue weighted by Crippen LogP contribution is -2.38. The highest BCUT2D eigenvalue weighted by molar-refractivity contribution is 7.20. The minimum absolute atomic E-state index is 0.00208. The lowest BCUT2D eigenvalue weighted by Gasteiger charge is -2.30. The standard InChI is InChI=1S/C19H19N3O2S2/c1-12-6-9-22(10-7-12)19(24)13-8-11-25-17(13)21-16(23)18-20-14-4-2-3-5-15(14)26-18/h2-5,8,11-12H,6-7,9-10H2,1H3,(H,21,23). The maximum absolute atomic E-state index is 12.8. The van der Waals surface area contributed by atoms with Gasteiger partial charge >= 0.3 is 0 Å². The number of nitrogens with one attached hydrogen (secondary N) is 1.